The molecule has 0 spiro atoms. The normalized spacial score (nSPS) is 12.6. The molecule has 0 aliphatic rings. The van der Waals surface area contributed by atoms with Crippen molar-refractivity contribution >= 4 is 59.1 Å². The van der Waals surface area contributed by atoms with E-state index in [4.69, 9.17) is 9.47 Å². The van der Waals surface area contributed by atoms with Gasteiger partial charge in [0, 0.05) is 24.5 Å². The van der Waals surface area contributed by atoms with E-state index in [0.29, 0.717) is 26.2 Å². The van der Waals surface area contributed by atoms with Gasteiger partial charge in [-0.05, 0) is 51.2 Å². The lowest BCUT2D eigenvalue weighted by Crippen LogP contribution is -2.25. The molecule has 0 saturated carbocycles. The van der Waals surface area contributed by atoms with Crippen LogP contribution in [0.3, 0.4) is 0 Å². The second kappa shape index (κ2) is 12.3. The molecule has 0 saturated heterocycles. The molecular formula is C13H20Br3NO3S. The molecule has 1 aromatic rings. The molecule has 2 N–H and O–H groups in total. The Morgan fingerprint density at radius 1 is 1.19 bits per heavy atom. The Bertz CT molecular complexity index is 393. The molecule has 0 aliphatic carbocycles. The lowest BCUT2D eigenvalue weighted by molar-refractivity contribution is 0.0856. The summed E-state index contributed by atoms with van der Waals surface area (Å²) in [5.74, 6) is 0.859. The molecule has 21 heavy (non-hydrogen) atoms. The third kappa shape index (κ3) is 9.53. The first-order valence-electron chi connectivity index (χ1n) is 6.73. The molecule has 1 heterocycles. The summed E-state index contributed by atoms with van der Waals surface area (Å²) in [5, 5.41) is 13.8. The van der Waals surface area contributed by atoms with Crippen LogP contribution in [0.15, 0.2) is 13.6 Å². The predicted molar refractivity (Wildman–Crippen MR) is 97.9 cm³/mol. The van der Waals surface area contributed by atoms with E-state index in [1.54, 1.807) is 11.3 Å². The number of alkyl halides is 1. The Balaban J connectivity index is 1.95. The van der Waals surface area contributed by atoms with Gasteiger partial charge in [-0.15, -0.1) is 11.3 Å². The van der Waals surface area contributed by atoms with Crippen LogP contribution >= 0.6 is 59.1 Å². The maximum absolute atomic E-state index is 9.75. The van der Waals surface area contributed by atoms with Crippen molar-refractivity contribution in [2.45, 2.75) is 18.9 Å². The lowest BCUT2D eigenvalue weighted by Gasteiger charge is -2.11. The van der Waals surface area contributed by atoms with Crippen LogP contribution in [0, 0.1) is 0 Å². The van der Waals surface area contributed by atoms with Gasteiger partial charge in [-0.25, -0.2) is 0 Å². The number of halogens is 3. The van der Waals surface area contributed by atoms with E-state index < -0.39 is 0 Å². The van der Waals surface area contributed by atoms with E-state index in [9.17, 15) is 5.11 Å². The standard InChI is InChI=1S/C13H20Br3NO3S/c14-3-7-19-6-2-10(18)1-4-17-5-8-20-11-9-12(15)21-13(11)16/h9-10,17-18H,1-8H2. The fourth-order valence-electron chi connectivity index (χ4n) is 1.57. The molecule has 0 amide bonds. The van der Waals surface area contributed by atoms with Gasteiger partial charge in [-0.3, -0.25) is 0 Å². The fourth-order valence-corrected chi connectivity index (χ4v) is 4.45. The minimum absolute atomic E-state index is 0.310. The van der Waals surface area contributed by atoms with Crippen molar-refractivity contribution in [3.63, 3.8) is 0 Å². The van der Waals surface area contributed by atoms with Gasteiger partial charge in [0.2, 0.25) is 0 Å². The first-order chi connectivity index (χ1) is 10.1. The van der Waals surface area contributed by atoms with Crippen LogP contribution < -0.4 is 10.1 Å². The monoisotopic (exact) mass is 507 g/mol. The van der Waals surface area contributed by atoms with Gasteiger partial charge in [0.05, 0.1) is 16.5 Å². The number of ether oxygens (including phenoxy) is 2. The van der Waals surface area contributed by atoms with Crippen molar-refractivity contribution in [3.8, 4) is 5.75 Å². The molecule has 4 nitrogen and oxygen atoms in total. The highest BCUT2D eigenvalue weighted by Gasteiger charge is 2.06. The molecule has 0 aromatic carbocycles. The molecule has 0 fully saturated rings. The SMILES string of the molecule is OC(CCNCCOc1cc(Br)sc1Br)CCOCCBr. The van der Waals surface area contributed by atoms with E-state index in [2.05, 4.69) is 53.1 Å². The van der Waals surface area contributed by atoms with Crippen molar-refractivity contribution in [1.82, 2.24) is 5.32 Å². The van der Waals surface area contributed by atoms with Crippen LogP contribution in [0.5, 0.6) is 5.75 Å². The first-order valence-corrected chi connectivity index (χ1v) is 10.3. The zero-order valence-electron chi connectivity index (χ0n) is 11.6. The molecule has 1 aromatic heterocycles. The number of thiophene rings is 1. The van der Waals surface area contributed by atoms with Gasteiger partial charge in [-0.1, -0.05) is 15.9 Å². The summed E-state index contributed by atoms with van der Waals surface area (Å²) in [7, 11) is 0. The highest BCUT2D eigenvalue weighted by molar-refractivity contribution is 9.12. The molecule has 1 atom stereocenters. The van der Waals surface area contributed by atoms with Crippen LogP contribution in [0.25, 0.3) is 0 Å². The van der Waals surface area contributed by atoms with Gasteiger partial charge in [0.25, 0.3) is 0 Å². The Morgan fingerprint density at radius 2 is 2.00 bits per heavy atom. The Hall–Kier alpha value is 0.820. The summed E-state index contributed by atoms with van der Waals surface area (Å²) >= 11 is 11.7. The maximum Gasteiger partial charge on any atom is 0.145 e. The van der Waals surface area contributed by atoms with Crippen molar-refractivity contribution in [2.75, 3.05) is 38.2 Å². The number of nitrogens with one attached hydrogen (secondary N) is 1. The van der Waals surface area contributed by atoms with E-state index in [0.717, 1.165) is 38.2 Å². The Kier molecular flexibility index (Phi) is 11.6. The molecule has 0 bridgehead atoms. The summed E-state index contributed by atoms with van der Waals surface area (Å²) in [4.78, 5) is 0. The van der Waals surface area contributed by atoms with Gasteiger partial charge < -0.3 is 19.9 Å². The van der Waals surface area contributed by atoms with E-state index >= 15 is 0 Å². The van der Waals surface area contributed by atoms with Gasteiger partial charge in [0.15, 0.2) is 0 Å². The van der Waals surface area contributed by atoms with Crippen molar-refractivity contribution in [3.05, 3.63) is 13.6 Å². The summed E-state index contributed by atoms with van der Waals surface area (Å²) in [6.07, 6.45) is 1.10. The molecule has 0 radical (unpaired) electrons. The summed E-state index contributed by atoms with van der Waals surface area (Å²) in [5.41, 5.74) is 0. The van der Waals surface area contributed by atoms with E-state index in [1.807, 2.05) is 6.07 Å². The largest absolute Gasteiger partial charge is 0.490 e. The van der Waals surface area contributed by atoms with Crippen LogP contribution in [-0.2, 0) is 4.74 Å². The summed E-state index contributed by atoms with van der Waals surface area (Å²) < 4.78 is 13.0. The molecule has 1 unspecified atom stereocenters. The number of hydrogen-bond donors (Lipinski definition) is 2. The third-order valence-electron chi connectivity index (χ3n) is 2.63. The minimum Gasteiger partial charge on any atom is -0.490 e. The Labute approximate surface area is 155 Å². The topological polar surface area (TPSA) is 50.7 Å². The van der Waals surface area contributed by atoms with Crippen LogP contribution in [0.2, 0.25) is 0 Å². The fraction of sp³-hybridized carbons (Fsp3) is 0.692. The van der Waals surface area contributed by atoms with Gasteiger partial charge >= 0.3 is 0 Å². The zero-order valence-corrected chi connectivity index (χ0v) is 17.2. The smallest absolute Gasteiger partial charge is 0.145 e. The summed E-state index contributed by atoms with van der Waals surface area (Å²) in [6.45, 7) is 3.43. The van der Waals surface area contributed by atoms with Crippen molar-refractivity contribution < 1.29 is 14.6 Å². The molecule has 0 aliphatic heterocycles. The number of rotatable bonds is 12. The second-order valence-electron chi connectivity index (χ2n) is 4.32. The van der Waals surface area contributed by atoms with Crippen LogP contribution in [-0.4, -0.2) is 49.5 Å². The van der Waals surface area contributed by atoms with Crippen molar-refractivity contribution in [1.29, 1.82) is 0 Å². The molecular weight excluding hydrogens is 490 g/mol. The quantitative estimate of drug-likeness (QED) is 0.332. The highest BCUT2D eigenvalue weighted by atomic mass is 79.9. The molecule has 122 valence electrons. The Morgan fingerprint density at radius 3 is 2.67 bits per heavy atom. The number of aliphatic hydroxyl groups excluding tert-OH is 1. The van der Waals surface area contributed by atoms with Gasteiger partial charge in [-0.2, -0.15) is 0 Å². The van der Waals surface area contributed by atoms with E-state index in [-0.39, 0.29) is 6.10 Å². The zero-order chi connectivity index (χ0) is 15.5. The predicted octanol–water partition coefficient (Wildman–Crippen LogP) is 3.79. The van der Waals surface area contributed by atoms with Gasteiger partial charge in [0.1, 0.15) is 16.1 Å². The average molecular weight is 510 g/mol. The first kappa shape index (κ1) is 19.9. The average Bonchev–Trinajstić information content (AvgIpc) is 2.77. The maximum atomic E-state index is 9.75. The molecule has 1 rings (SSSR count). The molecule has 8 heteroatoms. The lowest BCUT2D eigenvalue weighted by atomic mass is 10.2. The minimum atomic E-state index is -0.310. The second-order valence-corrected chi connectivity index (χ2v) is 8.86. The van der Waals surface area contributed by atoms with Crippen LogP contribution in [0.4, 0.5) is 0 Å². The summed E-state index contributed by atoms with van der Waals surface area (Å²) in [6, 6.07) is 1.95. The van der Waals surface area contributed by atoms with Crippen molar-refractivity contribution in [2.24, 2.45) is 0 Å². The van der Waals surface area contributed by atoms with E-state index in [1.165, 1.54) is 0 Å². The number of hydrogen-bond acceptors (Lipinski definition) is 5. The number of aliphatic hydroxyl groups is 1. The van der Waals surface area contributed by atoms with Crippen LogP contribution in [0.1, 0.15) is 12.8 Å². The third-order valence-corrected chi connectivity index (χ3v) is 5.24. The highest BCUT2D eigenvalue weighted by Crippen LogP contribution is 2.37.